The van der Waals surface area contributed by atoms with Gasteiger partial charge < -0.3 is 19.7 Å². The SMILES string of the molecule is COC(=O)[C@]1(C)CCC[C@@]2(C)[C@@H]3C[C@H]4CC[C@@]3(CC[C@@H]21)[C@H](O)[C@H]4CSSC[C@H]1[C@@H]2CC[C@@]3(CC[C@H]4[C@@](C)(CCC[C@@]4(C)C(=O)OC)[C@@H]3C2)[C@@H]1O. The summed E-state index contributed by atoms with van der Waals surface area (Å²) in [5.41, 5.74) is -0.644. The summed E-state index contributed by atoms with van der Waals surface area (Å²) >= 11 is 0. The Kier molecular flexibility index (Phi) is 9.17. The molecule has 2 spiro atoms. The lowest BCUT2D eigenvalue weighted by Crippen LogP contribution is -2.67. The molecule has 0 aromatic rings. The van der Waals surface area contributed by atoms with E-state index in [9.17, 15) is 19.8 Å². The van der Waals surface area contributed by atoms with Crippen molar-refractivity contribution in [2.75, 3.05) is 25.7 Å². The van der Waals surface area contributed by atoms with Crippen LogP contribution in [0.25, 0.3) is 0 Å². The number of ether oxygens (including phenoxy) is 2. The second-order valence-corrected chi connectivity index (χ2v) is 22.7. The zero-order valence-corrected chi connectivity index (χ0v) is 33.5. The van der Waals surface area contributed by atoms with E-state index in [-0.39, 0.29) is 45.8 Å². The number of methoxy groups -OCH3 is 2. The van der Waals surface area contributed by atoms with Crippen molar-refractivity contribution in [1.82, 2.24) is 0 Å². The highest BCUT2D eigenvalue weighted by Gasteiger charge is 2.70. The molecule has 10 aliphatic rings. The van der Waals surface area contributed by atoms with Crippen molar-refractivity contribution in [2.45, 2.75) is 143 Å². The predicted molar refractivity (Wildman–Crippen MR) is 200 cm³/mol. The van der Waals surface area contributed by atoms with E-state index in [2.05, 4.69) is 27.7 Å². The predicted octanol–water partition coefficient (Wildman–Crippen LogP) is 8.71. The van der Waals surface area contributed by atoms with Gasteiger partial charge in [0.1, 0.15) is 0 Å². The number of rotatable bonds is 7. The molecule has 16 atom stereocenters. The van der Waals surface area contributed by atoms with Crippen LogP contribution in [0.2, 0.25) is 0 Å². The molecule has 10 rings (SSSR count). The van der Waals surface area contributed by atoms with E-state index < -0.39 is 10.8 Å². The van der Waals surface area contributed by atoms with Gasteiger partial charge in [0.15, 0.2) is 0 Å². The van der Waals surface area contributed by atoms with Gasteiger partial charge in [0.2, 0.25) is 0 Å². The maximum absolute atomic E-state index is 13.1. The third-order valence-corrected chi connectivity index (χ3v) is 21.4. The first-order valence-electron chi connectivity index (χ1n) is 20.5. The van der Waals surface area contributed by atoms with Crippen LogP contribution in [-0.2, 0) is 19.1 Å². The normalized spacial score (nSPS) is 54.9. The molecule has 0 amide bonds. The van der Waals surface area contributed by atoms with Crippen molar-refractivity contribution in [2.24, 2.45) is 79.8 Å². The molecule has 6 nitrogen and oxygen atoms in total. The average Bonchev–Trinajstić information content (AvgIpc) is 3.11. The second kappa shape index (κ2) is 12.5. The number of aliphatic hydroxyl groups is 2. The van der Waals surface area contributed by atoms with Crippen molar-refractivity contribution < 1.29 is 29.3 Å². The Labute approximate surface area is 309 Å². The van der Waals surface area contributed by atoms with Crippen molar-refractivity contribution in [3.63, 3.8) is 0 Å². The quantitative estimate of drug-likeness (QED) is 0.153. The summed E-state index contributed by atoms with van der Waals surface area (Å²) in [5.74, 6) is 5.41. The lowest BCUT2D eigenvalue weighted by Gasteiger charge is -2.70. The fourth-order valence-electron chi connectivity index (χ4n) is 16.6. The lowest BCUT2D eigenvalue weighted by atomic mass is 9.35. The molecule has 4 bridgehead atoms. The molecule has 10 aliphatic carbocycles. The largest absolute Gasteiger partial charge is 0.469 e. The van der Waals surface area contributed by atoms with Gasteiger partial charge >= 0.3 is 11.9 Å². The maximum atomic E-state index is 13.1. The molecule has 10 saturated carbocycles. The van der Waals surface area contributed by atoms with Crippen LogP contribution in [0.4, 0.5) is 0 Å². The van der Waals surface area contributed by atoms with Crippen LogP contribution >= 0.6 is 21.6 Å². The molecular formula is C42H66O6S2. The van der Waals surface area contributed by atoms with E-state index in [1.807, 2.05) is 21.6 Å². The molecule has 0 unspecified atom stereocenters. The van der Waals surface area contributed by atoms with Crippen LogP contribution in [0.15, 0.2) is 0 Å². The first-order valence-corrected chi connectivity index (χ1v) is 23.0. The molecule has 10 fully saturated rings. The highest BCUT2D eigenvalue weighted by Crippen LogP contribution is 2.74. The Bertz CT molecular complexity index is 1260. The van der Waals surface area contributed by atoms with E-state index >= 15 is 0 Å². The summed E-state index contributed by atoms with van der Waals surface area (Å²) in [6, 6.07) is 0. The molecule has 0 aromatic carbocycles. The van der Waals surface area contributed by atoms with Gasteiger partial charge in [-0.2, -0.15) is 0 Å². The van der Waals surface area contributed by atoms with Gasteiger partial charge in [-0.1, -0.05) is 48.3 Å². The summed E-state index contributed by atoms with van der Waals surface area (Å²) in [6.07, 6.45) is 17.2. The van der Waals surface area contributed by atoms with Crippen LogP contribution in [-0.4, -0.2) is 60.1 Å². The van der Waals surface area contributed by atoms with Gasteiger partial charge in [-0.3, -0.25) is 9.59 Å². The number of carbonyl (C=O) groups is 2. The summed E-state index contributed by atoms with van der Waals surface area (Å²) in [4.78, 5) is 26.3. The molecule has 0 saturated heterocycles. The minimum Gasteiger partial charge on any atom is -0.469 e. The molecule has 282 valence electrons. The number of fused-ring (bicyclic) bond motifs is 6. The van der Waals surface area contributed by atoms with Crippen LogP contribution in [0, 0.1) is 79.8 Å². The van der Waals surface area contributed by atoms with Gasteiger partial charge in [-0.15, -0.1) is 0 Å². The maximum Gasteiger partial charge on any atom is 0.311 e. The van der Waals surface area contributed by atoms with Gasteiger partial charge in [0, 0.05) is 11.5 Å². The van der Waals surface area contributed by atoms with Gasteiger partial charge in [0.25, 0.3) is 0 Å². The summed E-state index contributed by atoms with van der Waals surface area (Å²) < 4.78 is 10.8. The second-order valence-electron chi connectivity index (χ2n) is 20.1. The smallest absolute Gasteiger partial charge is 0.311 e. The third kappa shape index (κ3) is 4.80. The Morgan fingerprint density at radius 2 is 0.960 bits per heavy atom. The zero-order valence-electron chi connectivity index (χ0n) is 31.8. The fourth-order valence-corrected chi connectivity index (χ4v) is 19.5. The van der Waals surface area contributed by atoms with E-state index in [4.69, 9.17) is 9.47 Å². The average molecular weight is 731 g/mol. The minimum atomic E-state index is -0.406. The first-order chi connectivity index (χ1) is 23.7. The Morgan fingerprint density at radius 1 is 0.580 bits per heavy atom. The molecule has 0 heterocycles. The van der Waals surface area contributed by atoms with Gasteiger partial charge in [-0.25, -0.2) is 0 Å². The van der Waals surface area contributed by atoms with Crippen molar-refractivity contribution in [1.29, 1.82) is 0 Å². The molecule has 8 heteroatoms. The Morgan fingerprint density at radius 3 is 1.34 bits per heavy atom. The number of esters is 2. The molecule has 0 radical (unpaired) electrons. The third-order valence-electron chi connectivity index (χ3n) is 18.9. The van der Waals surface area contributed by atoms with Crippen molar-refractivity contribution >= 4 is 33.5 Å². The molecule has 50 heavy (non-hydrogen) atoms. The number of carbonyl (C=O) groups excluding carboxylic acids is 2. The van der Waals surface area contributed by atoms with Crippen LogP contribution in [0.1, 0.15) is 130 Å². The summed E-state index contributed by atoms with van der Waals surface area (Å²) in [7, 11) is 7.05. The molecule has 0 aromatic heterocycles. The highest BCUT2D eigenvalue weighted by atomic mass is 33.1. The number of aliphatic hydroxyl groups excluding tert-OH is 2. The Balaban J connectivity index is 0.915. The number of hydrogen-bond acceptors (Lipinski definition) is 8. The van der Waals surface area contributed by atoms with Gasteiger partial charge in [0.05, 0.1) is 37.3 Å². The molecule has 2 N–H and O–H groups in total. The monoisotopic (exact) mass is 730 g/mol. The summed E-state index contributed by atoms with van der Waals surface area (Å²) in [6.45, 7) is 9.29. The lowest BCUT2D eigenvalue weighted by molar-refractivity contribution is -0.242. The molecule has 0 aliphatic heterocycles. The standard InChI is InChI=1S/C42H66O6S2/c1-37-13-7-15-39(3,35(45)47-5)29(37)11-19-41-17-9-25(21-31(37)41)27(33(41)43)23-49-50-24-28-26-10-18-42(34(28)44)20-12-30-38(2,32(42)22-26)14-8-16-40(30,4)36(46)48-6/h25-34,43-44H,7-24H2,1-6H3/t25-,26-,27+,28+,29+,30+,31+,32+,33-,34-,37-,38-,39-,40-,41+,42+/m1/s1. The van der Waals surface area contributed by atoms with Crippen molar-refractivity contribution in [3.05, 3.63) is 0 Å². The van der Waals surface area contributed by atoms with E-state index in [0.717, 1.165) is 75.7 Å². The van der Waals surface area contributed by atoms with Crippen LogP contribution in [0.5, 0.6) is 0 Å². The van der Waals surface area contributed by atoms with Crippen molar-refractivity contribution in [3.8, 4) is 0 Å². The molecular weight excluding hydrogens is 665 g/mol. The first kappa shape index (κ1) is 36.5. The number of hydrogen-bond donors (Lipinski definition) is 2. The topological polar surface area (TPSA) is 93.1 Å². The van der Waals surface area contributed by atoms with E-state index in [1.54, 1.807) is 14.2 Å². The minimum absolute atomic E-state index is 0.00480. The fraction of sp³-hybridized carbons (Fsp3) is 0.952. The van der Waals surface area contributed by atoms with Crippen LogP contribution < -0.4 is 0 Å². The van der Waals surface area contributed by atoms with E-state index in [0.29, 0.717) is 47.3 Å². The van der Waals surface area contributed by atoms with E-state index in [1.165, 1.54) is 38.5 Å². The summed E-state index contributed by atoms with van der Waals surface area (Å²) in [5, 5.41) is 24.5. The Hall–Kier alpha value is -0.440. The highest BCUT2D eigenvalue weighted by molar-refractivity contribution is 8.76. The van der Waals surface area contributed by atoms with Crippen LogP contribution in [0.3, 0.4) is 0 Å². The van der Waals surface area contributed by atoms with Gasteiger partial charge in [-0.05, 0) is 173 Å². The zero-order chi connectivity index (χ0) is 35.5.